The quantitative estimate of drug-likeness (QED) is 0.275. The summed E-state index contributed by atoms with van der Waals surface area (Å²) in [4.78, 5) is 6.74. The molecular formula is C30H33N5O3S2. The molecule has 1 aliphatic rings. The lowest BCUT2D eigenvalue weighted by molar-refractivity contribution is 0.417. The maximum Gasteiger partial charge on any atom is 0.229 e. The van der Waals surface area contributed by atoms with Gasteiger partial charge in [0.05, 0.1) is 36.8 Å². The molecular weight excluding hydrogens is 542 g/mol. The Labute approximate surface area is 241 Å². The molecule has 5 rings (SSSR count). The molecule has 0 saturated carbocycles. The van der Waals surface area contributed by atoms with Gasteiger partial charge in [-0.05, 0) is 93.0 Å². The van der Waals surface area contributed by atoms with Gasteiger partial charge in [-0.1, -0.05) is 18.2 Å². The summed E-state index contributed by atoms with van der Waals surface area (Å²) in [6.07, 6.45) is 2.90. The van der Waals surface area contributed by atoms with E-state index in [-0.39, 0.29) is 12.1 Å². The van der Waals surface area contributed by atoms with Crippen LogP contribution in [0.25, 0.3) is 5.69 Å². The van der Waals surface area contributed by atoms with Gasteiger partial charge < -0.3 is 19.5 Å². The molecule has 0 bridgehead atoms. The smallest absolute Gasteiger partial charge is 0.229 e. The second-order valence-electron chi connectivity index (χ2n) is 10.1. The number of aryl methyl sites for hydroxylation is 2. The molecule has 40 heavy (non-hydrogen) atoms. The number of hydrogen-bond donors (Lipinski definition) is 2. The molecule has 0 unspecified atom stereocenters. The van der Waals surface area contributed by atoms with Gasteiger partial charge >= 0.3 is 0 Å². The number of anilines is 2. The Morgan fingerprint density at radius 2 is 1.80 bits per heavy atom. The van der Waals surface area contributed by atoms with E-state index in [1.54, 1.807) is 18.3 Å². The van der Waals surface area contributed by atoms with E-state index in [0.29, 0.717) is 16.5 Å². The van der Waals surface area contributed by atoms with Gasteiger partial charge in [-0.2, -0.15) is 0 Å². The van der Waals surface area contributed by atoms with Gasteiger partial charge in [-0.15, -0.1) is 0 Å². The first-order chi connectivity index (χ1) is 19.0. The van der Waals surface area contributed by atoms with Gasteiger partial charge in [0, 0.05) is 35.0 Å². The standard InChI is InChI=1S/C30H33N5O3S2/c1-18-10-9-12-26(20(18)3)34-19(2)16-23(21(34)4)29-28(25-11-7-8-15-31-25)32-30(39)35(29)22-13-14-24(27(17-22)38-5)33-40(6,36)37/h7-17,28-29,33H,1-6H3,(H,32,39)/t28-,29+/m0/s1. The number of rotatable bonds is 7. The Hall–Kier alpha value is -3.89. The van der Waals surface area contributed by atoms with Gasteiger partial charge in [0.15, 0.2) is 5.11 Å². The fourth-order valence-corrected chi connectivity index (χ4v) is 6.41. The highest BCUT2D eigenvalue weighted by Crippen LogP contribution is 2.45. The van der Waals surface area contributed by atoms with Crippen LogP contribution in [-0.4, -0.2) is 36.4 Å². The second-order valence-corrected chi connectivity index (χ2v) is 12.3. The number of sulfonamides is 1. The lowest BCUT2D eigenvalue weighted by Crippen LogP contribution is -2.29. The number of methoxy groups -OCH3 is 1. The van der Waals surface area contributed by atoms with Crippen LogP contribution in [0, 0.1) is 27.7 Å². The predicted octanol–water partition coefficient (Wildman–Crippen LogP) is 5.66. The summed E-state index contributed by atoms with van der Waals surface area (Å²) in [6.45, 7) is 8.53. The second kappa shape index (κ2) is 10.6. The van der Waals surface area contributed by atoms with Gasteiger partial charge in [0.1, 0.15) is 5.75 Å². The number of aromatic nitrogens is 2. The molecule has 2 N–H and O–H groups in total. The summed E-state index contributed by atoms with van der Waals surface area (Å²) >= 11 is 5.92. The molecule has 8 nitrogen and oxygen atoms in total. The number of benzene rings is 2. The van der Waals surface area contributed by atoms with Crippen LogP contribution < -0.4 is 19.7 Å². The Morgan fingerprint density at radius 3 is 2.48 bits per heavy atom. The summed E-state index contributed by atoms with van der Waals surface area (Å²) < 4.78 is 34.2. The average Bonchev–Trinajstić information content (AvgIpc) is 3.40. The van der Waals surface area contributed by atoms with Crippen molar-refractivity contribution in [2.45, 2.75) is 39.8 Å². The average molecular weight is 576 g/mol. The number of ether oxygens (including phenoxy) is 1. The van der Waals surface area contributed by atoms with Gasteiger partial charge in [-0.25, -0.2) is 8.42 Å². The van der Waals surface area contributed by atoms with E-state index in [1.165, 1.54) is 18.2 Å². The predicted molar refractivity (Wildman–Crippen MR) is 164 cm³/mol. The fraction of sp³-hybridized carbons (Fsp3) is 0.267. The monoisotopic (exact) mass is 575 g/mol. The Morgan fingerprint density at radius 1 is 1.02 bits per heavy atom. The lowest BCUT2D eigenvalue weighted by Gasteiger charge is -2.29. The summed E-state index contributed by atoms with van der Waals surface area (Å²) in [6, 6.07) is 19.4. The van der Waals surface area contributed by atoms with Crippen molar-refractivity contribution in [3.05, 3.63) is 101 Å². The summed E-state index contributed by atoms with van der Waals surface area (Å²) in [7, 11) is -1.97. The third kappa shape index (κ3) is 5.04. The molecule has 0 aliphatic carbocycles. The zero-order chi connectivity index (χ0) is 28.8. The molecule has 1 fully saturated rings. The van der Waals surface area contributed by atoms with Crippen molar-refractivity contribution >= 4 is 38.7 Å². The van der Waals surface area contributed by atoms with Crippen molar-refractivity contribution in [1.82, 2.24) is 14.9 Å². The van der Waals surface area contributed by atoms with Crippen molar-refractivity contribution in [3.8, 4) is 11.4 Å². The summed E-state index contributed by atoms with van der Waals surface area (Å²) in [5.41, 5.74) is 8.94. The molecule has 0 radical (unpaired) electrons. The normalized spacial score (nSPS) is 17.1. The van der Waals surface area contributed by atoms with Crippen LogP contribution in [0.2, 0.25) is 0 Å². The minimum absolute atomic E-state index is 0.221. The lowest BCUT2D eigenvalue weighted by atomic mass is 9.96. The van der Waals surface area contributed by atoms with Crippen LogP contribution in [0.15, 0.2) is 66.9 Å². The highest BCUT2D eigenvalue weighted by molar-refractivity contribution is 7.92. The maximum atomic E-state index is 11.9. The summed E-state index contributed by atoms with van der Waals surface area (Å²) in [5, 5.41) is 4.05. The zero-order valence-electron chi connectivity index (χ0n) is 23.4. The maximum absolute atomic E-state index is 11.9. The molecule has 10 heteroatoms. The van der Waals surface area contributed by atoms with E-state index in [9.17, 15) is 8.42 Å². The van der Waals surface area contributed by atoms with E-state index in [0.717, 1.165) is 40.3 Å². The van der Waals surface area contributed by atoms with Crippen LogP contribution in [0.5, 0.6) is 5.75 Å². The van der Waals surface area contributed by atoms with E-state index >= 15 is 0 Å². The molecule has 2 atom stereocenters. The van der Waals surface area contributed by atoms with Crippen LogP contribution in [0.4, 0.5) is 11.4 Å². The van der Waals surface area contributed by atoms with Crippen LogP contribution in [-0.2, 0) is 10.0 Å². The van der Waals surface area contributed by atoms with Gasteiger partial charge in [0.25, 0.3) is 0 Å². The molecule has 1 aliphatic heterocycles. The zero-order valence-corrected chi connectivity index (χ0v) is 25.0. The first kappa shape index (κ1) is 27.7. The van der Waals surface area contributed by atoms with Crippen molar-refractivity contribution in [2.75, 3.05) is 23.0 Å². The Balaban J connectivity index is 1.68. The van der Waals surface area contributed by atoms with Crippen molar-refractivity contribution in [3.63, 3.8) is 0 Å². The molecule has 1 saturated heterocycles. The molecule has 208 valence electrons. The largest absolute Gasteiger partial charge is 0.494 e. The van der Waals surface area contributed by atoms with E-state index in [4.69, 9.17) is 17.0 Å². The Kier molecular flexibility index (Phi) is 7.32. The topological polar surface area (TPSA) is 88.5 Å². The number of nitrogens with zero attached hydrogens (tertiary/aromatic N) is 3. The highest BCUT2D eigenvalue weighted by Gasteiger charge is 2.42. The number of thiocarbonyl (C=S) groups is 1. The van der Waals surface area contributed by atoms with Crippen LogP contribution in [0.3, 0.4) is 0 Å². The Bertz CT molecular complexity index is 1700. The molecule has 3 heterocycles. The minimum Gasteiger partial charge on any atom is -0.494 e. The van der Waals surface area contributed by atoms with Crippen LogP contribution >= 0.6 is 12.2 Å². The molecule has 2 aromatic heterocycles. The molecule has 4 aromatic rings. The number of nitrogens with one attached hydrogen (secondary N) is 2. The van der Waals surface area contributed by atoms with Crippen LogP contribution in [0.1, 0.15) is 45.9 Å². The first-order valence-electron chi connectivity index (χ1n) is 12.9. The fourth-order valence-electron chi connectivity index (χ4n) is 5.50. The van der Waals surface area contributed by atoms with Crippen molar-refractivity contribution < 1.29 is 13.2 Å². The van der Waals surface area contributed by atoms with Crippen molar-refractivity contribution in [1.29, 1.82) is 0 Å². The molecule has 2 aromatic carbocycles. The summed E-state index contributed by atoms with van der Waals surface area (Å²) in [5.74, 6) is 0.395. The number of hydrogen-bond acceptors (Lipinski definition) is 5. The van der Waals surface area contributed by atoms with Gasteiger partial charge in [0.2, 0.25) is 10.0 Å². The van der Waals surface area contributed by atoms with Gasteiger partial charge in [-0.3, -0.25) is 9.71 Å². The SMILES string of the molecule is COc1cc(N2C(=S)N[C@@H](c3ccccn3)[C@H]2c2cc(C)n(-c3cccc(C)c3C)c2C)ccc1NS(C)(=O)=O. The third-order valence-corrected chi connectivity index (χ3v) is 8.37. The number of pyridine rings is 1. The third-order valence-electron chi connectivity index (χ3n) is 7.46. The molecule has 0 spiro atoms. The molecule has 0 amide bonds. The van der Waals surface area contributed by atoms with Crippen molar-refractivity contribution in [2.24, 2.45) is 0 Å². The first-order valence-corrected chi connectivity index (χ1v) is 15.2. The minimum atomic E-state index is -3.48. The highest BCUT2D eigenvalue weighted by atomic mass is 32.2. The van der Waals surface area contributed by atoms with E-state index in [2.05, 4.69) is 76.5 Å². The van der Waals surface area contributed by atoms with E-state index in [1.807, 2.05) is 24.3 Å². The van der Waals surface area contributed by atoms with E-state index < -0.39 is 10.0 Å².